The molecule has 0 unspecified atom stereocenters. The van der Waals surface area contributed by atoms with Gasteiger partial charge in [-0.05, 0) is 25.0 Å². The molecule has 0 aliphatic heterocycles. The van der Waals surface area contributed by atoms with E-state index in [9.17, 15) is 5.21 Å². The van der Waals surface area contributed by atoms with Crippen molar-refractivity contribution in [2.45, 2.75) is 31.6 Å². The van der Waals surface area contributed by atoms with Crippen molar-refractivity contribution in [3.63, 3.8) is 0 Å². The highest BCUT2D eigenvalue weighted by Gasteiger charge is 2.22. The molecular formula is C16H15NO2. The Hall–Kier alpha value is -2.03. The molecule has 3 heteroatoms. The van der Waals surface area contributed by atoms with Gasteiger partial charge in [0.2, 0.25) is 11.7 Å². The Labute approximate surface area is 111 Å². The average Bonchev–Trinajstić information content (AvgIpc) is 3.07. The first-order valence-corrected chi connectivity index (χ1v) is 6.87. The van der Waals surface area contributed by atoms with Gasteiger partial charge in [0.05, 0.1) is 5.39 Å². The van der Waals surface area contributed by atoms with E-state index < -0.39 is 0 Å². The fourth-order valence-electron chi connectivity index (χ4n) is 3.21. The van der Waals surface area contributed by atoms with Crippen LogP contribution in [-0.4, -0.2) is 0 Å². The second-order valence-corrected chi connectivity index (χ2v) is 5.38. The summed E-state index contributed by atoms with van der Waals surface area (Å²) in [6, 6.07) is 9.82. The van der Waals surface area contributed by atoms with Crippen molar-refractivity contribution in [2.24, 2.45) is 0 Å². The number of fused-ring (bicyclic) bond motifs is 3. The van der Waals surface area contributed by atoms with Crippen molar-refractivity contribution < 1.29 is 9.15 Å². The zero-order valence-electron chi connectivity index (χ0n) is 10.6. The molecule has 96 valence electrons. The van der Waals surface area contributed by atoms with Gasteiger partial charge in [-0.3, -0.25) is 0 Å². The van der Waals surface area contributed by atoms with Crippen LogP contribution in [0.2, 0.25) is 0 Å². The van der Waals surface area contributed by atoms with Crippen LogP contribution >= 0.6 is 0 Å². The van der Waals surface area contributed by atoms with E-state index in [-0.39, 0.29) is 0 Å². The highest BCUT2D eigenvalue weighted by Crippen LogP contribution is 2.37. The van der Waals surface area contributed by atoms with E-state index in [1.54, 1.807) is 6.20 Å². The molecule has 3 aromatic rings. The van der Waals surface area contributed by atoms with Gasteiger partial charge in [0.15, 0.2) is 5.58 Å². The molecule has 0 saturated heterocycles. The van der Waals surface area contributed by atoms with Crippen LogP contribution in [0.5, 0.6) is 0 Å². The molecule has 0 spiro atoms. The first kappa shape index (κ1) is 10.9. The molecule has 1 aromatic carbocycles. The molecule has 3 nitrogen and oxygen atoms in total. The summed E-state index contributed by atoms with van der Waals surface area (Å²) in [5, 5.41) is 14.0. The first-order chi connectivity index (χ1) is 9.33. The molecule has 1 fully saturated rings. The number of hydrogen-bond donors (Lipinski definition) is 0. The van der Waals surface area contributed by atoms with E-state index in [4.69, 9.17) is 4.42 Å². The number of benzene rings is 1. The van der Waals surface area contributed by atoms with Crippen LogP contribution in [0, 0.1) is 5.21 Å². The molecule has 0 atom stereocenters. The van der Waals surface area contributed by atoms with Crippen molar-refractivity contribution in [3.8, 4) is 0 Å². The lowest BCUT2D eigenvalue weighted by Crippen LogP contribution is -2.25. The summed E-state index contributed by atoms with van der Waals surface area (Å²) < 4.78 is 6.82. The van der Waals surface area contributed by atoms with Crippen LogP contribution in [-0.2, 0) is 0 Å². The number of aromatic nitrogens is 1. The van der Waals surface area contributed by atoms with Crippen LogP contribution in [0.1, 0.15) is 37.4 Å². The molecule has 0 radical (unpaired) electrons. The molecule has 0 bridgehead atoms. The highest BCUT2D eigenvalue weighted by molar-refractivity contribution is 6.02. The van der Waals surface area contributed by atoms with Crippen LogP contribution in [0.25, 0.3) is 21.9 Å². The number of hydrogen-bond acceptors (Lipinski definition) is 2. The Morgan fingerprint density at radius 2 is 1.89 bits per heavy atom. The normalized spacial score (nSPS) is 16.6. The lowest BCUT2D eigenvalue weighted by Gasteiger charge is -2.02. The number of furan rings is 1. The maximum Gasteiger partial charge on any atom is 0.224 e. The summed E-state index contributed by atoms with van der Waals surface area (Å²) in [4.78, 5) is 0. The molecule has 19 heavy (non-hydrogen) atoms. The SMILES string of the molecule is [O-][n+]1cc2oc(C3CCCC3)cc2c2ccccc21. The van der Waals surface area contributed by atoms with Gasteiger partial charge < -0.3 is 9.62 Å². The predicted octanol–water partition coefficient (Wildman–Crippen LogP) is 3.88. The summed E-state index contributed by atoms with van der Waals surface area (Å²) in [6.45, 7) is 0. The van der Waals surface area contributed by atoms with Gasteiger partial charge in [-0.2, -0.15) is 4.73 Å². The van der Waals surface area contributed by atoms with Crippen molar-refractivity contribution >= 4 is 21.9 Å². The Balaban J connectivity index is 1.99. The lowest BCUT2D eigenvalue weighted by molar-refractivity contribution is -0.575. The number of nitrogens with zero attached hydrogens (tertiary/aromatic N) is 1. The number of rotatable bonds is 1. The summed E-state index contributed by atoms with van der Waals surface area (Å²) in [6.07, 6.45) is 6.52. The summed E-state index contributed by atoms with van der Waals surface area (Å²) in [5.41, 5.74) is 1.41. The number of pyridine rings is 1. The molecule has 1 aliphatic rings. The average molecular weight is 253 g/mol. The third-order valence-electron chi connectivity index (χ3n) is 4.20. The van der Waals surface area contributed by atoms with Crippen LogP contribution < -0.4 is 4.73 Å². The first-order valence-electron chi connectivity index (χ1n) is 6.87. The minimum atomic E-state index is 0.534. The topological polar surface area (TPSA) is 40.1 Å². The molecule has 2 aromatic heterocycles. The second-order valence-electron chi connectivity index (χ2n) is 5.38. The fraction of sp³-hybridized carbons (Fsp3) is 0.312. The Morgan fingerprint density at radius 3 is 2.74 bits per heavy atom. The zero-order chi connectivity index (χ0) is 12.8. The monoisotopic (exact) mass is 253 g/mol. The highest BCUT2D eigenvalue weighted by atomic mass is 16.5. The van der Waals surface area contributed by atoms with E-state index >= 15 is 0 Å². The molecule has 0 N–H and O–H groups in total. The van der Waals surface area contributed by atoms with E-state index in [0.29, 0.717) is 17.0 Å². The Kier molecular flexibility index (Phi) is 2.28. The van der Waals surface area contributed by atoms with E-state index in [1.165, 1.54) is 25.7 Å². The second kappa shape index (κ2) is 3.98. The maximum absolute atomic E-state index is 12.0. The van der Waals surface area contributed by atoms with Crippen molar-refractivity contribution in [3.05, 3.63) is 47.5 Å². The molecule has 4 rings (SSSR count). The Morgan fingerprint density at radius 1 is 1.11 bits per heavy atom. The van der Waals surface area contributed by atoms with E-state index in [2.05, 4.69) is 6.07 Å². The van der Waals surface area contributed by atoms with Crippen LogP contribution in [0.15, 0.2) is 40.9 Å². The standard InChI is InChI=1S/C16H15NO2/c18-17-10-16-13(12-7-3-4-8-14(12)17)9-15(19-16)11-5-1-2-6-11/h3-4,7-11H,1-2,5-6H2. The van der Waals surface area contributed by atoms with Gasteiger partial charge in [-0.25, -0.2) is 0 Å². The van der Waals surface area contributed by atoms with Crippen LogP contribution in [0.3, 0.4) is 0 Å². The van der Waals surface area contributed by atoms with Crippen molar-refractivity contribution in [1.29, 1.82) is 0 Å². The number of para-hydroxylation sites is 1. The van der Waals surface area contributed by atoms with Crippen molar-refractivity contribution in [1.82, 2.24) is 0 Å². The van der Waals surface area contributed by atoms with Gasteiger partial charge >= 0.3 is 0 Å². The molecule has 1 saturated carbocycles. The minimum Gasteiger partial charge on any atom is -0.618 e. The third-order valence-corrected chi connectivity index (χ3v) is 4.20. The largest absolute Gasteiger partial charge is 0.618 e. The molecule has 2 heterocycles. The van der Waals surface area contributed by atoms with E-state index in [1.807, 2.05) is 24.3 Å². The molecule has 0 amide bonds. The minimum absolute atomic E-state index is 0.534. The lowest BCUT2D eigenvalue weighted by atomic mass is 10.0. The summed E-state index contributed by atoms with van der Waals surface area (Å²) >= 11 is 0. The fourth-order valence-corrected chi connectivity index (χ4v) is 3.21. The maximum atomic E-state index is 12.0. The van der Waals surface area contributed by atoms with Gasteiger partial charge in [0, 0.05) is 17.4 Å². The van der Waals surface area contributed by atoms with Gasteiger partial charge in [0.25, 0.3) is 0 Å². The van der Waals surface area contributed by atoms with E-state index in [0.717, 1.165) is 21.3 Å². The predicted molar refractivity (Wildman–Crippen MR) is 73.9 cm³/mol. The summed E-state index contributed by atoms with van der Waals surface area (Å²) in [7, 11) is 0. The smallest absolute Gasteiger partial charge is 0.224 e. The Bertz CT molecular complexity index is 754. The van der Waals surface area contributed by atoms with Crippen molar-refractivity contribution in [2.75, 3.05) is 0 Å². The zero-order valence-corrected chi connectivity index (χ0v) is 10.6. The van der Waals surface area contributed by atoms with Gasteiger partial charge in [0.1, 0.15) is 5.76 Å². The molecular weight excluding hydrogens is 238 g/mol. The van der Waals surface area contributed by atoms with Gasteiger partial charge in [-0.15, -0.1) is 0 Å². The van der Waals surface area contributed by atoms with Gasteiger partial charge in [-0.1, -0.05) is 25.0 Å². The molecule has 1 aliphatic carbocycles. The van der Waals surface area contributed by atoms with Crippen LogP contribution in [0.4, 0.5) is 0 Å². The quantitative estimate of drug-likeness (QED) is 0.487. The third kappa shape index (κ3) is 1.61. The summed E-state index contributed by atoms with van der Waals surface area (Å²) in [5.74, 6) is 1.58.